The molecule has 2 aromatic carbocycles. The fourth-order valence-electron chi connectivity index (χ4n) is 1.86. The van der Waals surface area contributed by atoms with Crippen molar-refractivity contribution in [1.82, 2.24) is 5.32 Å². The monoisotopic (exact) mass is 275 g/mol. The summed E-state index contributed by atoms with van der Waals surface area (Å²) in [6.07, 6.45) is -0.479. The maximum atomic E-state index is 12.3. The lowest BCUT2D eigenvalue weighted by molar-refractivity contribution is 0.295. The Morgan fingerprint density at radius 1 is 0.895 bits per heavy atom. The third kappa shape index (κ3) is 2.47. The molecule has 1 N–H and O–H groups in total. The molecule has 0 aliphatic carbocycles. The minimum Gasteiger partial charge on any atom is -0.472 e. The van der Waals surface area contributed by atoms with Crippen LogP contribution in [0, 0.1) is 0 Å². The summed E-state index contributed by atoms with van der Waals surface area (Å²) in [5.74, 6) is 0.658. The SMILES string of the molecule is O=S(=O)(c1ccccc1)C1NC1Oc1ccccc1. The van der Waals surface area contributed by atoms with Crippen LogP contribution in [0.15, 0.2) is 65.6 Å². The predicted molar refractivity (Wildman–Crippen MR) is 71.4 cm³/mol. The molecule has 1 saturated heterocycles. The average Bonchev–Trinajstić information content (AvgIpc) is 3.21. The van der Waals surface area contributed by atoms with E-state index in [9.17, 15) is 8.42 Å². The number of para-hydroxylation sites is 1. The van der Waals surface area contributed by atoms with E-state index in [0.717, 1.165) is 0 Å². The first-order valence-electron chi connectivity index (χ1n) is 5.95. The molecule has 1 aliphatic rings. The van der Waals surface area contributed by atoms with Crippen LogP contribution in [0.3, 0.4) is 0 Å². The summed E-state index contributed by atoms with van der Waals surface area (Å²) in [5, 5.41) is 2.17. The van der Waals surface area contributed by atoms with Gasteiger partial charge >= 0.3 is 0 Å². The van der Waals surface area contributed by atoms with Gasteiger partial charge in [-0.2, -0.15) is 0 Å². The maximum absolute atomic E-state index is 12.3. The van der Waals surface area contributed by atoms with Gasteiger partial charge in [0.1, 0.15) is 5.75 Å². The summed E-state index contributed by atoms with van der Waals surface area (Å²) >= 11 is 0. The first kappa shape index (κ1) is 12.2. The molecule has 1 aliphatic heterocycles. The van der Waals surface area contributed by atoms with Crippen LogP contribution in [0.2, 0.25) is 0 Å². The summed E-state index contributed by atoms with van der Waals surface area (Å²) in [5.41, 5.74) is 0. The molecule has 3 rings (SSSR count). The van der Waals surface area contributed by atoms with Gasteiger partial charge < -0.3 is 4.74 Å². The third-order valence-electron chi connectivity index (χ3n) is 2.91. The Labute approximate surface area is 112 Å². The van der Waals surface area contributed by atoms with E-state index in [-0.39, 0.29) is 0 Å². The van der Waals surface area contributed by atoms with Crippen molar-refractivity contribution in [3.63, 3.8) is 0 Å². The molecule has 5 heteroatoms. The Bertz CT molecular complexity index is 656. The van der Waals surface area contributed by atoms with Crippen LogP contribution in [0.5, 0.6) is 5.75 Å². The molecule has 0 spiro atoms. The van der Waals surface area contributed by atoms with Crippen molar-refractivity contribution in [2.75, 3.05) is 0 Å². The van der Waals surface area contributed by atoms with Gasteiger partial charge in [-0.3, -0.25) is 5.32 Å². The number of nitrogens with one attached hydrogen (secondary N) is 1. The number of benzene rings is 2. The Morgan fingerprint density at radius 2 is 1.47 bits per heavy atom. The molecule has 2 aromatic rings. The number of hydrogen-bond donors (Lipinski definition) is 1. The van der Waals surface area contributed by atoms with Crippen LogP contribution < -0.4 is 10.1 Å². The molecule has 1 fully saturated rings. The van der Waals surface area contributed by atoms with E-state index in [1.165, 1.54) is 0 Å². The summed E-state index contributed by atoms with van der Waals surface area (Å²) in [6, 6.07) is 17.6. The van der Waals surface area contributed by atoms with Crippen molar-refractivity contribution < 1.29 is 13.2 Å². The van der Waals surface area contributed by atoms with Crippen LogP contribution >= 0.6 is 0 Å². The van der Waals surface area contributed by atoms with E-state index >= 15 is 0 Å². The van der Waals surface area contributed by atoms with Gasteiger partial charge in [-0.1, -0.05) is 36.4 Å². The lowest BCUT2D eigenvalue weighted by Crippen LogP contribution is -2.14. The van der Waals surface area contributed by atoms with Crippen molar-refractivity contribution in [3.05, 3.63) is 60.7 Å². The molecule has 0 aromatic heterocycles. The highest BCUT2D eigenvalue weighted by molar-refractivity contribution is 7.92. The van der Waals surface area contributed by atoms with E-state index in [0.29, 0.717) is 10.6 Å². The van der Waals surface area contributed by atoms with E-state index in [1.54, 1.807) is 42.5 Å². The van der Waals surface area contributed by atoms with Crippen LogP contribution in [0.25, 0.3) is 0 Å². The molecular weight excluding hydrogens is 262 g/mol. The Hall–Kier alpha value is -1.85. The quantitative estimate of drug-likeness (QED) is 0.864. The van der Waals surface area contributed by atoms with Gasteiger partial charge in [-0.25, -0.2) is 8.42 Å². The van der Waals surface area contributed by atoms with Gasteiger partial charge in [0.05, 0.1) is 4.90 Å². The largest absolute Gasteiger partial charge is 0.472 e. The fraction of sp³-hybridized carbons (Fsp3) is 0.143. The highest BCUT2D eigenvalue weighted by atomic mass is 32.2. The van der Waals surface area contributed by atoms with Crippen molar-refractivity contribution in [2.45, 2.75) is 16.5 Å². The normalized spacial score (nSPS) is 21.9. The first-order valence-corrected chi connectivity index (χ1v) is 7.49. The Morgan fingerprint density at radius 3 is 2.11 bits per heavy atom. The van der Waals surface area contributed by atoms with Gasteiger partial charge in [0.25, 0.3) is 0 Å². The Balaban J connectivity index is 1.73. The smallest absolute Gasteiger partial charge is 0.199 e. The van der Waals surface area contributed by atoms with Crippen molar-refractivity contribution >= 4 is 9.84 Å². The second-order valence-electron chi connectivity index (χ2n) is 4.30. The molecule has 0 radical (unpaired) electrons. The molecule has 0 amide bonds. The minimum absolute atomic E-state index is 0.312. The van der Waals surface area contributed by atoms with Gasteiger partial charge in [0.15, 0.2) is 21.4 Å². The van der Waals surface area contributed by atoms with Crippen LogP contribution in [-0.2, 0) is 9.84 Å². The molecule has 1 heterocycles. The zero-order chi connectivity index (χ0) is 13.3. The predicted octanol–water partition coefficient (Wildman–Crippen LogP) is 1.79. The highest BCUT2D eigenvalue weighted by Crippen LogP contribution is 2.27. The summed E-state index contributed by atoms with van der Waals surface area (Å²) in [6.45, 7) is 0. The minimum atomic E-state index is -3.37. The molecule has 19 heavy (non-hydrogen) atoms. The van der Waals surface area contributed by atoms with Crippen LogP contribution in [-0.4, -0.2) is 20.0 Å². The van der Waals surface area contributed by atoms with Crippen molar-refractivity contribution in [3.8, 4) is 5.75 Å². The molecule has 4 nitrogen and oxygen atoms in total. The summed E-state index contributed by atoms with van der Waals surface area (Å²) in [7, 11) is -3.37. The molecule has 2 atom stereocenters. The van der Waals surface area contributed by atoms with Gasteiger partial charge in [0, 0.05) is 0 Å². The van der Waals surface area contributed by atoms with Gasteiger partial charge in [0.2, 0.25) is 0 Å². The molecular formula is C14H13NO3S. The lowest BCUT2D eigenvalue weighted by atomic mass is 10.3. The topological polar surface area (TPSA) is 65.3 Å². The third-order valence-corrected chi connectivity index (χ3v) is 4.89. The number of rotatable bonds is 4. The second kappa shape index (κ2) is 4.68. The number of ether oxygens (including phenoxy) is 1. The number of sulfone groups is 1. The van der Waals surface area contributed by atoms with Gasteiger partial charge in [-0.15, -0.1) is 0 Å². The summed E-state index contributed by atoms with van der Waals surface area (Å²) < 4.78 is 30.1. The molecule has 2 unspecified atom stereocenters. The van der Waals surface area contributed by atoms with Gasteiger partial charge in [-0.05, 0) is 24.3 Å². The lowest BCUT2D eigenvalue weighted by Gasteiger charge is -2.04. The van der Waals surface area contributed by atoms with E-state index in [4.69, 9.17) is 4.74 Å². The molecule has 0 bridgehead atoms. The maximum Gasteiger partial charge on any atom is 0.199 e. The second-order valence-corrected chi connectivity index (χ2v) is 6.37. The van der Waals surface area contributed by atoms with Crippen LogP contribution in [0.4, 0.5) is 0 Å². The van der Waals surface area contributed by atoms with Crippen LogP contribution in [0.1, 0.15) is 0 Å². The Kier molecular flexibility index (Phi) is 3.00. The highest BCUT2D eigenvalue weighted by Gasteiger charge is 2.49. The summed E-state index contributed by atoms with van der Waals surface area (Å²) in [4.78, 5) is 0.312. The average molecular weight is 275 g/mol. The first-order chi connectivity index (χ1) is 9.18. The van der Waals surface area contributed by atoms with E-state index < -0.39 is 21.4 Å². The molecule has 98 valence electrons. The molecule has 0 saturated carbocycles. The van der Waals surface area contributed by atoms with Crippen molar-refractivity contribution in [1.29, 1.82) is 0 Å². The van der Waals surface area contributed by atoms with E-state index in [1.807, 2.05) is 18.2 Å². The zero-order valence-corrected chi connectivity index (χ0v) is 10.9. The number of hydrogen-bond acceptors (Lipinski definition) is 4. The fourth-order valence-corrected chi connectivity index (χ4v) is 3.38. The van der Waals surface area contributed by atoms with E-state index in [2.05, 4.69) is 5.32 Å². The van der Waals surface area contributed by atoms with Crippen molar-refractivity contribution in [2.24, 2.45) is 0 Å². The standard InChI is InChI=1S/C14H13NO3S/c16-19(17,12-9-5-2-6-10-12)14-13(15-14)18-11-7-3-1-4-8-11/h1-10,13-15H. The zero-order valence-electron chi connectivity index (χ0n) is 10.1.